The first-order valence-corrected chi connectivity index (χ1v) is 4.86. The van der Waals surface area contributed by atoms with Crippen molar-refractivity contribution < 1.29 is 14.6 Å². The van der Waals surface area contributed by atoms with Gasteiger partial charge in [-0.2, -0.15) is 0 Å². The van der Waals surface area contributed by atoms with E-state index in [0.29, 0.717) is 6.61 Å². The van der Waals surface area contributed by atoms with Gasteiger partial charge in [0.25, 0.3) is 0 Å². The zero-order valence-corrected chi connectivity index (χ0v) is 8.96. The highest BCUT2D eigenvalue weighted by Crippen LogP contribution is 2.22. The fraction of sp³-hybridized carbons (Fsp3) is 0.900. The SMILES string of the molecule is CCCC(C)C(C)(O)C(=O)OCC. The molecule has 0 aromatic rings. The van der Waals surface area contributed by atoms with Gasteiger partial charge in [-0.1, -0.05) is 20.3 Å². The molecule has 0 aliphatic heterocycles. The standard InChI is InChI=1S/C10H20O3/c1-5-7-8(3)10(4,12)9(11)13-6-2/h8,12H,5-7H2,1-4H3. The van der Waals surface area contributed by atoms with E-state index >= 15 is 0 Å². The highest BCUT2D eigenvalue weighted by molar-refractivity contribution is 5.79. The van der Waals surface area contributed by atoms with Crippen molar-refractivity contribution in [3.63, 3.8) is 0 Å². The zero-order chi connectivity index (χ0) is 10.5. The number of carbonyl (C=O) groups excluding carboxylic acids is 1. The smallest absolute Gasteiger partial charge is 0.338 e. The van der Waals surface area contributed by atoms with Crippen LogP contribution >= 0.6 is 0 Å². The number of carbonyl (C=O) groups is 1. The molecule has 0 bridgehead atoms. The predicted molar refractivity (Wildman–Crippen MR) is 51.3 cm³/mol. The summed E-state index contributed by atoms with van der Waals surface area (Å²) in [5, 5.41) is 9.84. The van der Waals surface area contributed by atoms with Gasteiger partial charge in [-0.15, -0.1) is 0 Å². The molecule has 13 heavy (non-hydrogen) atoms. The summed E-state index contributed by atoms with van der Waals surface area (Å²) >= 11 is 0. The molecule has 0 saturated heterocycles. The van der Waals surface area contributed by atoms with Crippen molar-refractivity contribution >= 4 is 5.97 Å². The van der Waals surface area contributed by atoms with Crippen molar-refractivity contribution in [3.05, 3.63) is 0 Å². The summed E-state index contributed by atoms with van der Waals surface area (Å²) in [5.41, 5.74) is -1.34. The molecule has 0 saturated carbocycles. The summed E-state index contributed by atoms with van der Waals surface area (Å²) in [7, 11) is 0. The predicted octanol–water partition coefficient (Wildman–Crippen LogP) is 1.74. The summed E-state index contributed by atoms with van der Waals surface area (Å²) in [5.74, 6) is -0.576. The van der Waals surface area contributed by atoms with Gasteiger partial charge in [0, 0.05) is 0 Å². The van der Waals surface area contributed by atoms with Crippen LogP contribution in [0.3, 0.4) is 0 Å². The van der Waals surface area contributed by atoms with Crippen LogP contribution in [0.4, 0.5) is 0 Å². The number of hydrogen-bond donors (Lipinski definition) is 1. The quantitative estimate of drug-likeness (QED) is 0.668. The van der Waals surface area contributed by atoms with Crippen LogP contribution in [0.15, 0.2) is 0 Å². The molecule has 0 aromatic carbocycles. The summed E-state index contributed by atoms with van der Waals surface area (Å²) in [6, 6.07) is 0. The van der Waals surface area contributed by atoms with Crippen molar-refractivity contribution in [2.45, 2.75) is 46.1 Å². The zero-order valence-electron chi connectivity index (χ0n) is 8.96. The maximum Gasteiger partial charge on any atom is 0.338 e. The van der Waals surface area contributed by atoms with Gasteiger partial charge in [0.05, 0.1) is 6.61 Å². The summed E-state index contributed by atoms with van der Waals surface area (Å²) < 4.78 is 4.79. The third-order valence-electron chi connectivity index (χ3n) is 2.37. The molecule has 2 unspecified atom stereocenters. The van der Waals surface area contributed by atoms with E-state index in [1.807, 2.05) is 13.8 Å². The lowest BCUT2D eigenvalue weighted by Gasteiger charge is -2.27. The largest absolute Gasteiger partial charge is 0.464 e. The summed E-state index contributed by atoms with van der Waals surface area (Å²) in [4.78, 5) is 11.3. The van der Waals surface area contributed by atoms with Crippen LogP contribution in [0.25, 0.3) is 0 Å². The lowest BCUT2D eigenvalue weighted by molar-refractivity contribution is -0.168. The van der Waals surface area contributed by atoms with E-state index in [4.69, 9.17) is 4.74 Å². The number of hydrogen-bond acceptors (Lipinski definition) is 3. The second kappa shape index (κ2) is 5.22. The number of aliphatic hydroxyl groups is 1. The average Bonchev–Trinajstić information content (AvgIpc) is 2.05. The van der Waals surface area contributed by atoms with Crippen LogP contribution in [0.2, 0.25) is 0 Å². The van der Waals surface area contributed by atoms with Crippen LogP contribution in [-0.4, -0.2) is 23.3 Å². The Balaban J connectivity index is 4.26. The Morgan fingerprint density at radius 3 is 2.46 bits per heavy atom. The highest BCUT2D eigenvalue weighted by Gasteiger charge is 2.37. The maximum absolute atomic E-state index is 11.3. The van der Waals surface area contributed by atoms with Gasteiger partial charge in [-0.3, -0.25) is 0 Å². The van der Waals surface area contributed by atoms with Gasteiger partial charge >= 0.3 is 5.97 Å². The lowest BCUT2D eigenvalue weighted by atomic mass is 9.87. The first-order valence-electron chi connectivity index (χ1n) is 4.86. The molecule has 3 heteroatoms. The van der Waals surface area contributed by atoms with E-state index in [1.54, 1.807) is 6.92 Å². The third-order valence-corrected chi connectivity index (χ3v) is 2.37. The Morgan fingerprint density at radius 1 is 1.54 bits per heavy atom. The Morgan fingerprint density at radius 2 is 2.08 bits per heavy atom. The second-order valence-electron chi connectivity index (χ2n) is 3.56. The monoisotopic (exact) mass is 188 g/mol. The number of esters is 1. The molecule has 0 radical (unpaired) electrons. The third kappa shape index (κ3) is 3.35. The van der Waals surface area contributed by atoms with Crippen LogP contribution < -0.4 is 0 Å². The highest BCUT2D eigenvalue weighted by atomic mass is 16.5. The topological polar surface area (TPSA) is 46.5 Å². The normalized spacial score (nSPS) is 17.6. The number of ether oxygens (including phenoxy) is 1. The molecule has 0 aromatic heterocycles. The molecule has 0 fully saturated rings. The molecule has 2 atom stereocenters. The molecule has 3 nitrogen and oxygen atoms in total. The van der Waals surface area contributed by atoms with Gasteiger partial charge in [-0.05, 0) is 26.2 Å². The first kappa shape index (κ1) is 12.4. The average molecular weight is 188 g/mol. The molecule has 0 heterocycles. The van der Waals surface area contributed by atoms with E-state index in [-0.39, 0.29) is 5.92 Å². The van der Waals surface area contributed by atoms with Crippen LogP contribution in [0.5, 0.6) is 0 Å². The van der Waals surface area contributed by atoms with Crippen molar-refractivity contribution in [3.8, 4) is 0 Å². The minimum Gasteiger partial charge on any atom is -0.464 e. The first-order chi connectivity index (χ1) is 5.96. The lowest BCUT2D eigenvalue weighted by Crippen LogP contribution is -2.43. The van der Waals surface area contributed by atoms with Crippen LogP contribution in [0.1, 0.15) is 40.5 Å². The molecule has 1 N–H and O–H groups in total. The minimum atomic E-state index is -1.34. The van der Waals surface area contributed by atoms with Gasteiger partial charge in [-0.25, -0.2) is 4.79 Å². The molecule has 0 aliphatic carbocycles. The van der Waals surface area contributed by atoms with E-state index < -0.39 is 11.6 Å². The Hall–Kier alpha value is -0.570. The van der Waals surface area contributed by atoms with Gasteiger partial charge in [0.2, 0.25) is 0 Å². The summed E-state index contributed by atoms with van der Waals surface area (Å²) in [6.45, 7) is 7.45. The van der Waals surface area contributed by atoms with Crippen molar-refractivity contribution in [2.24, 2.45) is 5.92 Å². The minimum absolute atomic E-state index is 0.0588. The van der Waals surface area contributed by atoms with Gasteiger partial charge in [0.15, 0.2) is 5.60 Å². The van der Waals surface area contributed by atoms with E-state index in [9.17, 15) is 9.90 Å². The molecule has 78 valence electrons. The fourth-order valence-corrected chi connectivity index (χ4v) is 1.19. The van der Waals surface area contributed by atoms with Crippen molar-refractivity contribution in [2.75, 3.05) is 6.61 Å². The number of rotatable bonds is 5. The Labute approximate surface area is 80.1 Å². The van der Waals surface area contributed by atoms with Crippen LogP contribution in [0, 0.1) is 5.92 Å². The Bertz CT molecular complexity index is 164. The molecular weight excluding hydrogens is 168 g/mol. The van der Waals surface area contributed by atoms with Crippen LogP contribution in [-0.2, 0) is 9.53 Å². The maximum atomic E-state index is 11.3. The van der Waals surface area contributed by atoms with Gasteiger partial charge < -0.3 is 9.84 Å². The second-order valence-corrected chi connectivity index (χ2v) is 3.56. The fourth-order valence-electron chi connectivity index (χ4n) is 1.19. The van der Waals surface area contributed by atoms with E-state index in [1.165, 1.54) is 6.92 Å². The van der Waals surface area contributed by atoms with Gasteiger partial charge in [0.1, 0.15) is 0 Å². The van der Waals surface area contributed by atoms with Crippen molar-refractivity contribution in [1.29, 1.82) is 0 Å². The molecular formula is C10H20O3. The molecule has 0 rings (SSSR count). The summed E-state index contributed by atoms with van der Waals surface area (Å²) in [6.07, 6.45) is 1.78. The van der Waals surface area contributed by atoms with E-state index in [0.717, 1.165) is 12.8 Å². The Kier molecular flexibility index (Phi) is 4.99. The molecule has 0 spiro atoms. The van der Waals surface area contributed by atoms with E-state index in [2.05, 4.69) is 0 Å². The van der Waals surface area contributed by atoms with Crippen molar-refractivity contribution in [1.82, 2.24) is 0 Å². The molecule has 0 aliphatic rings. The molecule has 0 amide bonds.